The van der Waals surface area contributed by atoms with E-state index < -0.39 is 0 Å². The van der Waals surface area contributed by atoms with E-state index in [1.165, 1.54) is 11.1 Å². The number of halogens is 1. The Balaban J connectivity index is 2.65. The van der Waals surface area contributed by atoms with Crippen molar-refractivity contribution in [1.82, 2.24) is 5.32 Å². The van der Waals surface area contributed by atoms with Crippen LogP contribution in [0.1, 0.15) is 37.4 Å². The lowest BCUT2D eigenvalue weighted by Gasteiger charge is -2.20. The molecule has 16 heavy (non-hydrogen) atoms. The molecule has 0 aliphatic heterocycles. The molecule has 0 aliphatic carbocycles. The standard InChI is InChI=1S/C13H20BrNO/c1-9-8-12(4-5-13(9)14)11(3)15-10(2)6-7-16/h4-5,8,10-11,15-16H,6-7H2,1-3H3/t10-,11?/m1/s1. The molecule has 0 heterocycles. The molecule has 0 amide bonds. The predicted molar refractivity (Wildman–Crippen MR) is 71.6 cm³/mol. The zero-order valence-electron chi connectivity index (χ0n) is 10.1. The van der Waals surface area contributed by atoms with E-state index in [9.17, 15) is 0 Å². The largest absolute Gasteiger partial charge is 0.396 e. The Morgan fingerprint density at radius 3 is 2.62 bits per heavy atom. The molecule has 0 aromatic heterocycles. The highest BCUT2D eigenvalue weighted by atomic mass is 79.9. The van der Waals surface area contributed by atoms with Gasteiger partial charge in [-0.2, -0.15) is 0 Å². The minimum atomic E-state index is 0.236. The summed E-state index contributed by atoms with van der Waals surface area (Å²) < 4.78 is 1.15. The first-order valence-electron chi connectivity index (χ1n) is 5.67. The van der Waals surface area contributed by atoms with Crippen LogP contribution >= 0.6 is 15.9 Å². The van der Waals surface area contributed by atoms with E-state index in [-0.39, 0.29) is 6.61 Å². The smallest absolute Gasteiger partial charge is 0.0445 e. The average Bonchev–Trinajstić information content (AvgIpc) is 2.22. The topological polar surface area (TPSA) is 32.3 Å². The first kappa shape index (κ1) is 13.7. The summed E-state index contributed by atoms with van der Waals surface area (Å²) in [5.74, 6) is 0. The molecule has 90 valence electrons. The van der Waals surface area contributed by atoms with Crippen LogP contribution in [0.2, 0.25) is 0 Å². The summed E-state index contributed by atoms with van der Waals surface area (Å²) in [5.41, 5.74) is 2.53. The van der Waals surface area contributed by atoms with Gasteiger partial charge in [-0.3, -0.25) is 0 Å². The molecule has 1 aromatic rings. The van der Waals surface area contributed by atoms with Crippen LogP contribution in [0.15, 0.2) is 22.7 Å². The molecular weight excluding hydrogens is 266 g/mol. The molecule has 2 nitrogen and oxygen atoms in total. The van der Waals surface area contributed by atoms with Crippen molar-refractivity contribution in [1.29, 1.82) is 0 Å². The van der Waals surface area contributed by atoms with Crippen molar-refractivity contribution in [3.05, 3.63) is 33.8 Å². The molecule has 0 aliphatic rings. The summed E-state index contributed by atoms with van der Waals surface area (Å²) in [5, 5.41) is 12.3. The number of benzene rings is 1. The van der Waals surface area contributed by atoms with Crippen molar-refractivity contribution in [2.24, 2.45) is 0 Å². The van der Waals surface area contributed by atoms with Gasteiger partial charge in [-0.25, -0.2) is 0 Å². The van der Waals surface area contributed by atoms with Gasteiger partial charge in [-0.1, -0.05) is 28.1 Å². The lowest BCUT2D eigenvalue weighted by atomic mass is 10.0. The first-order valence-corrected chi connectivity index (χ1v) is 6.47. The van der Waals surface area contributed by atoms with Gasteiger partial charge in [0.1, 0.15) is 0 Å². The highest BCUT2D eigenvalue weighted by molar-refractivity contribution is 9.10. The molecule has 0 saturated carbocycles. The van der Waals surface area contributed by atoms with Gasteiger partial charge in [0.2, 0.25) is 0 Å². The van der Waals surface area contributed by atoms with E-state index in [2.05, 4.69) is 60.2 Å². The van der Waals surface area contributed by atoms with Crippen LogP contribution < -0.4 is 5.32 Å². The molecule has 1 unspecified atom stereocenters. The quantitative estimate of drug-likeness (QED) is 0.871. The maximum atomic E-state index is 8.85. The Kier molecular flexibility index (Phi) is 5.46. The summed E-state index contributed by atoms with van der Waals surface area (Å²) in [6.07, 6.45) is 0.792. The van der Waals surface area contributed by atoms with E-state index in [4.69, 9.17) is 5.11 Å². The van der Waals surface area contributed by atoms with Crippen LogP contribution in [-0.4, -0.2) is 17.8 Å². The Bertz CT molecular complexity index is 341. The first-order chi connectivity index (χ1) is 7.54. The highest BCUT2D eigenvalue weighted by Gasteiger charge is 2.09. The maximum absolute atomic E-state index is 8.85. The number of aliphatic hydroxyl groups is 1. The van der Waals surface area contributed by atoms with Gasteiger partial charge in [0.15, 0.2) is 0 Å². The molecule has 1 aromatic carbocycles. The number of rotatable bonds is 5. The number of hydrogen-bond acceptors (Lipinski definition) is 2. The fourth-order valence-corrected chi connectivity index (χ4v) is 1.98. The summed E-state index contributed by atoms with van der Waals surface area (Å²) in [6.45, 7) is 6.58. The van der Waals surface area contributed by atoms with Crippen molar-refractivity contribution >= 4 is 15.9 Å². The second-order valence-electron chi connectivity index (χ2n) is 4.31. The second-order valence-corrected chi connectivity index (χ2v) is 5.16. The van der Waals surface area contributed by atoms with Crippen molar-refractivity contribution in [3.63, 3.8) is 0 Å². The molecule has 0 radical (unpaired) electrons. The van der Waals surface area contributed by atoms with Crippen LogP contribution in [-0.2, 0) is 0 Å². The molecular formula is C13H20BrNO. The van der Waals surface area contributed by atoms with E-state index >= 15 is 0 Å². The molecule has 3 heteroatoms. The molecule has 0 fully saturated rings. The van der Waals surface area contributed by atoms with Crippen LogP contribution in [0.3, 0.4) is 0 Å². The maximum Gasteiger partial charge on any atom is 0.0445 e. The second kappa shape index (κ2) is 6.38. The predicted octanol–water partition coefficient (Wildman–Crippen LogP) is 3.18. The molecule has 2 N–H and O–H groups in total. The summed E-state index contributed by atoms with van der Waals surface area (Å²) in [6, 6.07) is 7.05. The summed E-state index contributed by atoms with van der Waals surface area (Å²) >= 11 is 3.50. The Hall–Kier alpha value is -0.380. The van der Waals surface area contributed by atoms with Crippen molar-refractivity contribution in [2.45, 2.75) is 39.3 Å². The molecule has 1 rings (SSSR count). The normalized spacial score (nSPS) is 14.8. The van der Waals surface area contributed by atoms with E-state index in [0.29, 0.717) is 12.1 Å². The van der Waals surface area contributed by atoms with Crippen LogP contribution in [0.25, 0.3) is 0 Å². The van der Waals surface area contributed by atoms with E-state index in [1.807, 2.05) is 0 Å². The van der Waals surface area contributed by atoms with E-state index in [0.717, 1.165) is 10.9 Å². The Labute approximate surface area is 106 Å². The van der Waals surface area contributed by atoms with Crippen LogP contribution in [0.4, 0.5) is 0 Å². The van der Waals surface area contributed by atoms with Gasteiger partial charge >= 0.3 is 0 Å². The van der Waals surface area contributed by atoms with Gasteiger partial charge in [0, 0.05) is 23.2 Å². The highest BCUT2D eigenvalue weighted by Crippen LogP contribution is 2.21. The average molecular weight is 286 g/mol. The Morgan fingerprint density at radius 1 is 1.38 bits per heavy atom. The zero-order chi connectivity index (χ0) is 12.1. The number of aliphatic hydroxyl groups excluding tert-OH is 1. The lowest BCUT2D eigenvalue weighted by molar-refractivity contribution is 0.264. The van der Waals surface area contributed by atoms with Crippen LogP contribution in [0.5, 0.6) is 0 Å². The monoisotopic (exact) mass is 285 g/mol. The molecule has 0 spiro atoms. The van der Waals surface area contributed by atoms with Gasteiger partial charge in [-0.15, -0.1) is 0 Å². The van der Waals surface area contributed by atoms with Gasteiger partial charge < -0.3 is 10.4 Å². The summed E-state index contributed by atoms with van der Waals surface area (Å²) in [7, 11) is 0. The lowest BCUT2D eigenvalue weighted by Crippen LogP contribution is -2.29. The fraction of sp³-hybridized carbons (Fsp3) is 0.538. The summed E-state index contributed by atoms with van der Waals surface area (Å²) in [4.78, 5) is 0. The van der Waals surface area contributed by atoms with Crippen molar-refractivity contribution < 1.29 is 5.11 Å². The molecule has 2 atom stereocenters. The minimum Gasteiger partial charge on any atom is -0.396 e. The number of aryl methyl sites for hydroxylation is 1. The van der Waals surface area contributed by atoms with Gasteiger partial charge in [0.25, 0.3) is 0 Å². The van der Waals surface area contributed by atoms with Gasteiger partial charge in [0.05, 0.1) is 0 Å². The van der Waals surface area contributed by atoms with Crippen LogP contribution in [0, 0.1) is 6.92 Å². The third-order valence-electron chi connectivity index (χ3n) is 2.78. The molecule has 0 saturated heterocycles. The van der Waals surface area contributed by atoms with E-state index in [1.54, 1.807) is 0 Å². The minimum absolute atomic E-state index is 0.236. The zero-order valence-corrected chi connectivity index (χ0v) is 11.7. The van der Waals surface area contributed by atoms with Crippen molar-refractivity contribution in [3.8, 4) is 0 Å². The number of nitrogens with one attached hydrogen (secondary N) is 1. The SMILES string of the molecule is Cc1cc(C(C)N[C@H](C)CCO)ccc1Br. The fourth-order valence-electron chi connectivity index (χ4n) is 1.74. The molecule has 0 bridgehead atoms. The Morgan fingerprint density at radius 2 is 2.06 bits per heavy atom. The van der Waals surface area contributed by atoms with Crippen molar-refractivity contribution in [2.75, 3.05) is 6.61 Å². The third-order valence-corrected chi connectivity index (χ3v) is 3.67. The van der Waals surface area contributed by atoms with Gasteiger partial charge in [-0.05, 0) is 44.4 Å². The third kappa shape index (κ3) is 3.89. The number of hydrogen-bond donors (Lipinski definition) is 2.